The molecule has 1 aromatic carbocycles. The molecule has 3 heteroatoms. The first-order chi connectivity index (χ1) is 8.54. The zero-order valence-corrected chi connectivity index (χ0v) is 12.1. The molecule has 0 bridgehead atoms. The molecular weight excluding hydrogens is 242 g/mol. The van der Waals surface area contributed by atoms with Gasteiger partial charge in [0.1, 0.15) is 0 Å². The molecule has 0 saturated heterocycles. The second-order valence-electron chi connectivity index (χ2n) is 5.23. The minimum Gasteiger partial charge on any atom is -0.352 e. The summed E-state index contributed by atoms with van der Waals surface area (Å²) in [4.78, 5) is 11.8. The first-order valence-electron chi connectivity index (χ1n) is 6.54. The van der Waals surface area contributed by atoms with Gasteiger partial charge >= 0.3 is 0 Å². The van der Waals surface area contributed by atoms with Crippen molar-refractivity contribution in [3.63, 3.8) is 0 Å². The maximum Gasteiger partial charge on any atom is 0.233 e. The predicted octanol–water partition coefficient (Wildman–Crippen LogP) is 3.20. The fourth-order valence-electron chi connectivity index (χ4n) is 2.00. The van der Waals surface area contributed by atoms with Crippen LogP contribution >= 0.6 is 11.8 Å². The highest BCUT2D eigenvalue weighted by Gasteiger charge is 2.25. The molecular formula is C15H21NOS. The summed E-state index contributed by atoms with van der Waals surface area (Å²) in [5.74, 6) is 1.09. The molecule has 1 N–H and O–H groups in total. The number of thioether (sulfide) groups is 1. The molecule has 1 aromatic rings. The molecule has 0 radical (unpaired) electrons. The zero-order valence-electron chi connectivity index (χ0n) is 11.3. The Morgan fingerprint density at radius 3 is 2.50 bits per heavy atom. The summed E-state index contributed by atoms with van der Waals surface area (Å²) in [6, 6.07) is 7.04. The monoisotopic (exact) mass is 263 g/mol. The standard InChI is InChI=1S/C15H21NOS/c1-10-6-11(2)8-13(7-10)9-18-12(3)15(17)16-14-4-5-14/h6-8,12,14H,4-5,9H2,1-3H3,(H,16,17). The molecule has 1 saturated carbocycles. The molecule has 0 aromatic heterocycles. The van der Waals surface area contributed by atoms with Crippen molar-refractivity contribution in [3.05, 3.63) is 34.9 Å². The van der Waals surface area contributed by atoms with Crippen molar-refractivity contribution in [2.45, 2.75) is 50.7 Å². The van der Waals surface area contributed by atoms with Gasteiger partial charge in [-0.05, 0) is 39.2 Å². The van der Waals surface area contributed by atoms with Gasteiger partial charge in [-0.2, -0.15) is 0 Å². The third kappa shape index (κ3) is 4.05. The van der Waals surface area contributed by atoms with Crippen molar-refractivity contribution in [1.29, 1.82) is 0 Å². The van der Waals surface area contributed by atoms with Crippen LogP contribution in [0.15, 0.2) is 18.2 Å². The van der Waals surface area contributed by atoms with Gasteiger partial charge in [-0.3, -0.25) is 4.79 Å². The molecule has 0 aliphatic heterocycles. The molecule has 98 valence electrons. The van der Waals surface area contributed by atoms with Gasteiger partial charge in [0.15, 0.2) is 0 Å². The number of carbonyl (C=O) groups is 1. The quantitative estimate of drug-likeness (QED) is 0.884. The van der Waals surface area contributed by atoms with Crippen molar-refractivity contribution in [1.82, 2.24) is 5.32 Å². The molecule has 1 aliphatic carbocycles. The Balaban J connectivity index is 1.83. The van der Waals surface area contributed by atoms with E-state index in [0.29, 0.717) is 6.04 Å². The number of amides is 1. The van der Waals surface area contributed by atoms with E-state index in [-0.39, 0.29) is 11.2 Å². The molecule has 1 atom stereocenters. The highest BCUT2D eigenvalue weighted by Crippen LogP contribution is 2.23. The van der Waals surface area contributed by atoms with E-state index in [9.17, 15) is 4.79 Å². The van der Waals surface area contributed by atoms with Crippen LogP contribution in [-0.4, -0.2) is 17.2 Å². The topological polar surface area (TPSA) is 29.1 Å². The lowest BCUT2D eigenvalue weighted by Crippen LogP contribution is -2.32. The minimum absolute atomic E-state index is 0.0337. The van der Waals surface area contributed by atoms with Crippen LogP contribution in [0.5, 0.6) is 0 Å². The van der Waals surface area contributed by atoms with Crippen LogP contribution in [0, 0.1) is 13.8 Å². The van der Waals surface area contributed by atoms with Crippen LogP contribution < -0.4 is 5.32 Å². The van der Waals surface area contributed by atoms with Crippen LogP contribution in [0.3, 0.4) is 0 Å². The molecule has 2 nitrogen and oxygen atoms in total. The van der Waals surface area contributed by atoms with Gasteiger partial charge in [0.05, 0.1) is 5.25 Å². The fourth-order valence-corrected chi connectivity index (χ4v) is 2.82. The van der Waals surface area contributed by atoms with E-state index in [0.717, 1.165) is 18.6 Å². The van der Waals surface area contributed by atoms with Gasteiger partial charge in [0.25, 0.3) is 0 Å². The average Bonchev–Trinajstić information content (AvgIpc) is 3.08. The van der Waals surface area contributed by atoms with E-state index in [2.05, 4.69) is 37.4 Å². The summed E-state index contributed by atoms with van der Waals surface area (Å²) >= 11 is 1.71. The third-order valence-electron chi connectivity index (χ3n) is 3.07. The number of rotatable bonds is 5. The first kappa shape index (κ1) is 13.5. The number of hydrogen-bond donors (Lipinski definition) is 1. The van der Waals surface area contributed by atoms with E-state index in [1.54, 1.807) is 11.8 Å². The fraction of sp³-hybridized carbons (Fsp3) is 0.533. The van der Waals surface area contributed by atoms with Gasteiger partial charge in [-0.25, -0.2) is 0 Å². The zero-order chi connectivity index (χ0) is 13.1. The van der Waals surface area contributed by atoms with E-state index in [1.165, 1.54) is 16.7 Å². The Kier molecular flexibility index (Phi) is 4.33. The second kappa shape index (κ2) is 5.79. The van der Waals surface area contributed by atoms with Crippen molar-refractivity contribution in [3.8, 4) is 0 Å². The number of aryl methyl sites for hydroxylation is 2. The molecule has 1 fully saturated rings. The smallest absolute Gasteiger partial charge is 0.233 e. The molecule has 0 heterocycles. The van der Waals surface area contributed by atoms with E-state index < -0.39 is 0 Å². The van der Waals surface area contributed by atoms with Crippen LogP contribution in [0.4, 0.5) is 0 Å². The maximum absolute atomic E-state index is 11.8. The second-order valence-corrected chi connectivity index (χ2v) is 6.56. The van der Waals surface area contributed by atoms with Crippen LogP contribution in [0.2, 0.25) is 0 Å². The van der Waals surface area contributed by atoms with E-state index >= 15 is 0 Å². The molecule has 1 amide bonds. The molecule has 1 aliphatic rings. The Morgan fingerprint density at radius 2 is 1.94 bits per heavy atom. The first-order valence-corrected chi connectivity index (χ1v) is 7.58. The average molecular weight is 263 g/mol. The van der Waals surface area contributed by atoms with Gasteiger partial charge < -0.3 is 5.32 Å². The molecule has 18 heavy (non-hydrogen) atoms. The van der Waals surface area contributed by atoms with Crippen LogP contribution in [0.1, 0.15) is 36.5 Å². The minimum atomic E-state index is 0.0337. The summed E-state index contributed by atoms with van der Waals surface area (Å²) < 4.78 is 0. The lowest BCUT2D eigenvalue weighted by atomic mass is 10.1. The Hall–Kier alpha value is -0.960. The van der Waals surface area contributed by atoms with E-state index in [1.807, 2.05) is 6.92 Å². The highest BCUT2D eigenvalue weighted by atomic mass is 32.2. The molecule has 2 rings (SSSR count). The van der Waals surface area contributed by atoms with E-state index in [4.69, 9.17) is 0 Å². The van der Waals surface area contributed by atoms with Crippen LogP contribution in [-0.2, 0) is 10.5 Å². The lowest BCUT2D eigenvalue weighted by Gasteiger charge is -2.12. The SMILES string of the molecule is Cc1cc(C)cc(CSC(C)C(=O)NC2CC2)c1. The van der Waals surface area contributed by atoms with Gasteiger partial charge in [0, 0.05) is 11.8 Å². The summed E-state index contributed by atoms with van der Waals surface area (Å²) in [6.45, 7) is 6.22. The number of benzene rings is 1. The van der Waals surface area contributed by atoms with Gasteiger partial charge in [-0.1, -0.05) is 29.3 Å². The van der Waals surface area contributed by atoms with Gasteiger partial charge in [-0.15, -0.1) is 11.8 Å². The van der Waals surface area contributed by atoms with Crippen molar-refractivity contribution in [2.75, 3.05) is 0 Å². The summed E-state index contributed by atoms with van der Waals surface area (Å²) in [5, 5.41) is 3.09. The predicted molar refractivity (Wildman–Crippen MR) is 77.8 cm³/mol. The van der Waals surface area contributed by atoms with Gasteiger partial charge in [0.2, 0.25) is 5.91 Å². The normalized spacial score (nSPS) is 16.4. The van der Waals surface area contributed by atoms with Crippen LogP contribution in [0.25, 0.3) is 0 Å². The maximum atomic E-state index is 11.8. The highest BCUT2D eigenvalue weighted by molar-refractivity contribution is 7.99. The third-order valence-corrected chi connectivity index (χ3v) is 4.29. The number of hydrogen-bond acceptors (Lipinski definition) is 2. The molecule has 0 spiro atoms. The van der Waals surface area contributed by atoms with Crippen molar-refractivity contribution in [2.24, 2.45) is 0 Å². The Bertz CT molecular complexity index is 420. The number of carbonyl (C=O) groups excluding carboxylic acids is 1. The molecule has 1 unspecified atom stereocenters. The number of nitrogens with one attached hydrogen (secondary N) is 1. The van der Waals surface area contributed by atoms with Crippen molar-refractivity contribution >= 4 is 17.7 Å². The lowest BCUT2D eigenvalue weighted by molar-refractivity contribution is -0.120. The summed E-state index contributed by atoms with van der Waals surface area (Å²) in [7, 11) is 0. The summed E-state index contributed by atoms with van der Waals surface area (Å²) in [5.41, 5.74) is 3.89. The largest absolute Gasteiger partial charge is 0.352 e. The van der Waals surface area contributed by atoms with Crippen molar-refractivity contribution < 1.29 is 4.79 Å². The Labute approximate surface area is 114 Å². The Morgan fingerprint density at radius 1 is 1.33 bits per heavy atom. The summed E-state index contributed by atoms with van der Waals surface area (Å²) in [6.07, 6.45) is 2.31.